The SMILES string of the molecule is CC(=O)NC1CCN(C(=O)c2cc(N)cn2C2CC2)CC1. The maximum absolute atomic E-state index is 12.7. The first-order valence-electron chi connectivity index (χ1n) is 7.58. The Hall–Kier alpha value is -1.98. The maximum Gasteiger partial charge on any atom is 0.270 e. The van der Waals surface area contributed by atoms with E-state index in [0.717, 1.165) is 25.7 Å². The van der Waals surface area contributed by atoms with Crippen LogP contribution >= 0.6 is 0 Å². The molecule has 3 N–H and O–H groups in total. The molecule has 0 unspecified atom stereocenters. The molecule has 2 aliphatic rings. The molecule has 6 nitrogen and oxygen atoms in total. The fourth-order valence-corrected chi connectivity index (χ4v) is 3.00. The zero-order valence-corrected chi connectivity index (χ0v) is 12.3. The van der Waals surface area contributed by atoms with E-state index in [1.165, 1.54) is 6.92 Å². The van der Waals surface area contributed by atoms with Gasteiger partial charge in [-0.3, -0.25) is 9.59 Å². The predicted molar refractivity (Wildman–Crippen MR) is 79.9 cm³/mol. The smallest absolute Gasteiger partial charge is 0.270 e. The van der Waals surface area contributed by atoms with Gasteiger partial charge in [0.2, 0.25) is 5.91 Å². The highest BCUT2D eigenvalue weighted by Gasteiger charge is 2.31. The Bertz CT molecular complexity index is 554. The van der Waals surface area contributed by atoms with E-state index in [2.05, 4.69) is 5.32 Å². The number of carbonyl (C=O) groups is 2. The second kappa shape index (κ2) is 5.42. The molecule has 1 saturated heterocycles. The third-order valence-corrected chi connectivity index (χ3v) is 4.22. The van der Waals surface area contributed by atoms with E-state index < -0.39 is 0 Å². The molecule has 1 saturated carbocycles. The first-order valence-corrected chi connectivity index (χ1v) is 7.58. The van der Waals surface area contributed by atoms with Crippen molar-refractivity contribution in [2.24, 2.45) is 0 Å². The van der Waals surface area contributed by atoms with E-state index in [9.17, 15) is 9.59 Å². The summed E-state index contributed by atoms with van der Waals surface area (Å²) in [5.41, 5.74) is 7.20. The number of likely N-dealkylation sites (tertiary alicyclic amines) is 1. The van der Waals surface area contributed by atoms with Crippen LogP contribution in [0.3, 0.4) is 0 Å². The molecule has 6 heteroatoms. The Balaban J connectivity index is 1.65. The first-order chi connectivity index (χ1) is 10.0. The van der Waals surface area contributed by atoms with Crippen LogP contribution in [0.25, 0.3) is 0 Å². The van der Waals surface area contributed by atoms with Gasteiger partial charge >= 0.3 is 0 Å². The molecule has 1 aliphatic carbocycles. The van der Waals surface area contributed by atoms with Gasteiger partial charge in [-0.2, -0.15) is 0 Å². The molecule has 0 spiro atoms. The highest BCUT2D eigenvalue weighted by molar-refractivity contribution is 5.94. The van der Waals surface area contributed by atoms with E-state index in [0.29, 0.717) is 30.5 Å². The van der Waals surface area contributed by atoms with Crippen molar-refractivity contribution in [2.45, 2.75) is 44.7 Å². The average molecular weight is 290 g/mol. The van der Waals surface area contributed by atoms with E-state index in [1.807, 2.05) is 15.7 Å². The summed E-state index contributed by atoms with van der Waals surface area (Å²) in [7, 11) is 0. The molecule has 0 atom stereocenters. The van der Waals surface area contributed by atoms with Crippen molar-refractivity contribution >= 4 is 17.5 Å². The number of rotatable bonds is 3. The molecular formula is C15H22N4O2. The lowest BCUT2D eigenvalue weighted by molar-refractivity contribution is -0.119. The monoisotopic (exact) mass is 290 g/mol. The minimum absolute atomic E-state index is 0.00448. The number of anilines is 1. The largest absolute Gasteiger partial charge is 0.397 e. The number of nitrogens with one attached hydrogen (secondary N) is 1. The predicted octanol–water partition coefficient (Wildman–Crippen LogP) is 1.15. The molecule has 2 amide bonds. The normalized spacial score (nSPS) is 19.6. The van der Waals surface area contributed by atoms with Gasteiger partial charge in [-0.15, -0.1) is 0 Å². The number of nitrogens with zero attached hydrogens (tertiary/aromatic N) is 2. The molecule has 2 fully saturated rings. The number of nitrogen functional groups attached to an aromatic ring is 1. The van der Waals surface area contributed by atoms with Crippen molar-refractivity contribution < 1.29 is 9.59 Å². The third-order valence-electron chi connectivity index (χ3n) is 4.22. The van der Waals surface area contributed by atoms with Crippen LogP contribution in [0.4, 0.5) is 5.69 Å². The molecule has 0 bridgehead atoms. The van der Waals surface area contributed by atoms with Gasteiger partial charge < -0.3 is 20.5 Å². The number of nitrogens with two attached hydrogens (primary N) is 1. The number of hydrogen-bond donors (Lipinski definition) is 2. The van der Waals surface area contributed by atoms with E-state index in [4.69, 9.17) is 5.73 Å². The summed E-state index contributed by atoms with van der Waals surface area (Å²) in [5, 5.41) is 2.92. The molecule has 1 aliphatic heterocycles. The molecule has 1 aromatic rings. The van der Waals surface area contributed by atoms with Crippen molar-refractivity contribution in [2.75, 3.05) is 18.8 Å². The summed E-state index contributed by atoms with van der Waals surface area (Å²) in [4.78, 5) is 25.6. The van der Waals surface area contributed by atoms with Gasteiger partial charge in [0.05, 0.1) is 5.69 Å². The van der Waals surface area contributed by atoms with E-state index in [-0.39, 0.29) is 17.9 Å². The van der Waals surface area contributed by atoms with Gasteiger partial charge in [-0.05, 0) is 31.7 Å². The molecule has 21 heavy (non-hydrogen) atoms. The van der Waals surface area contributed by atoms with Gasteiger partial charge in [-0.25, -0.2) is 0 Å². The Morgan fingerprint density at radius 3 is 2.48 bits per heavy atom. The number of aromatic nitrogens is 1. The molecule has 2 heterocycles. The summed E-state index contributed by atoms with van der Waals surface area (Å²) in [5.74, 6) is 0.0510. The van der Waals surface area contributed by atoms with Crippen LogP contribution in [0.1, 0.15) is 49.1 Å². The van der Waals surface area contributed by atoms with Crippen LogP contribution in [0.2, 0.25) is 0 Å². The summed E-state index contributed by atoms with van der Waals surface area (Å²) in [6.07, 6.45) is 5.74. The lowest BCUT2D eigenvalue weighted by Crippen LogP contribution is -2.46. The standard InChI is InChI=1S/C15H22N4O2/c1-10(20)17-12-4-6-18(7-5-12)15(21)14-8-11(16)9-19(14)13-2-3-13/h8-9,12-13H,2-7,16H2,1H3,(H,17,20). The number of amides is 2. The van der Waals surface area contributed by atoms with Crippen molar-refractivity contribution in [3.63, 3.8) is 0 Å². The van der Waals surface area contributed by atoms with Gasteiger partial charge in [-0.1, -0.05) is 0 Å². The summed E-state index contributed by atoms with van der Waals surface area (Å²) < 4.78 is 2.03. The van der Waals surface area contributed by atoms with Crippen molar-refractivity contribution in [3.8, 4) is 0 Å². The van der Waals surface area contributed by atoms with Gasteiger partial charge in [0.1, 0.15) is 5.69 Å². The molecule has 0 radical (unpaired) electrons. The van der Waals surface area contributed by atoms with Crippen LogP contribution in [-0.2, 0) is 4.79 Å². The molecule has 1 aromatic heterocycles. The first kappa shape index (κ1) is 14.0. The highest BCUT2D eigenvalue weighted by Crippen LogP contribution is 2.37. The van der Waals surface area contributed by atoms with Crippen molar-refractivity contribution in [3.05, 3.63) is 18.0 Å². The van der Waals surface area contributed by atoms with Crippen molar-refractivity contribution in [1.29, 1.82) is 0 Å². The number of carbonyl (C=O) groups excluding carboxylic acids is 2. The van der Waals surface area contributed by atoms with Gasteiger partial charge in [0, 0.05) is 38.3 Å². The Morgan fingerprint density at radius 2 is 1.90 bits per heavy atom. The van der Waals surface area contributed by atoms with E-state index >= 15 is 0 Å². The quantitative estimate of drug-likeness (QED) is 0.876. The summed E-state index contributed by atoms with van der Waals surface area (Å²) in [6.45, 7) is 2.89. The average Bonchev–Trinajstić information content (AvgIpc) is 3.21. The second-order valence-corrected chi connectivity index (χ2v) is 6.06. The highest BCUT2D eigenvalue weighted by atomic mass is 16.2. The minimum Gasteiger partial charge on any atom is -0.397 e. The van der Waals surface area contributed by atoms with Crippen LogP contribution in [-0.4, -0.2) is 40.4 Å². The fourth-order valence-electron chi connectivity index (χ4n) is 3.00. The minimum atomic E-state index is -0.00448. The van der Waals surface area contributed by atoms with Crippen LogP contribution < -0.4 is 11.1 Å². The van der Waals surface area contributed by atoms with Gasteiger partial charge in [0.25, 0.3) is 5.91 Å². The third kappa shape index (κ3) is 3.04. The van der Waals surface area contributed by atoms with Crippen LogP contribution in [0.15, 0.2) is 12.3 Å². The fraction of sp³-hybridized carbons (Fsp3) is 0.600. The lowest BCUT2D eigenvalue weighted by Gasteiger charge is -2.32. The number of hydrogen-bond acceptors (Lipinski definition) is 3. The molecule has 0 aromatic carbocycles. The zero-order valence-electron chi connectivity index (χ0n) is 12.3. The van der Waals surface area contributed by atoms with E-state index in [1.54, 1.807) is 6.07 Å². The Morgan fingerprint density at radius 1 is 1.24 bits per heavy atom. The lowest BCUT2D eigenvalue weighted by atomic mass is 10.0. The van der Waals surface area contributed by atoms with Crippen LogP contribution in [0, 0.1) is 0 Å². The summed E-state index contributed by atoms with van der Waals surface area (Å²) in [6, 6.07) is 2.41. The second-order valence-electron chi connectivity index (χ2n) is 6.06. The Labute approximate surface area is 124 Å². The van der Waals surface area contributed by atoms with Gasteiger partial charge in [0.15, 0.2) is 0 Å². The zero-order chi connectivity index (χ0) is 15.0. The van der Waals surface area contributed by atoms with Crippen molar-refractivity contribution in [1.82, 2.24) is 14.8 Å². The number of piperidine rings is 1. The summed E-state index contributed by atoms with van der Waals surface area (Å²) >= 11 is 0. The molecule has 3 rings (SSSR count). The Kier molecular flexibility index (Phi) is 3.61. The molecule has 114 valence electrons. The van der Waals surface area contributed by atoms with Crippen LogP contribution in [0.5, 0.6) is 0 Å². The molecular weight excluding hydrogens is 268 g/mol. The maximum atomic E-state index is 12.7. The topological polar surface area (TPSA) is 80.4 Å².